The van der Waals surface area contributed by atoms with Crippen LogP contribution in [0.25, 0.3) is 10.9 Å². The second kappa shape index (κ2) is 6.10. The zero-order valence-corrected chi connectivity index (χ0v) is 12.4. The molecule has 0 atom stereocenters. The molecule has 0 spiro atoms. The summed E-state index contributed by atoms with van der Waals surface area (Å²) in [5.41, 5.74) is 0.766. The summed E-state index contributed by atoms with van der Waals surface area (Å²) in [4.78, 5) is 15.7. The van der Waals surface area contributed by atoms with Gasteiger partial charge >= 0.3 is 5.97 Å². The zero-order valence-electron chi connectivity index (χ0n) is 12.4. The van der Waals surface area contributed by atoms with Crippen molar-refractivity contribution < 1.29 is 19.4 Å². The number of fused-ring (bicyclic) bond motifs is 1. The summed E-state index contributed by atoms with van der Waals surface area (Å²) in [5, 5.41) is 10.6. The van der Waals surface area contributed by atoms with Crippen LogP contribution in [0.15, 0.2) is 30.5 Å². The smallest absolute Gasteiger partial charge is 0.313 e. The highest BCUT2D eigenvalue weighted by Gasteiger charge is 2.29. The fourth-order valence-electron chi connectivity index (χ4n) is 2.09. The molecule has 0 saturated heterocycles. The van der Waals surface area contributed by atoms with E-state index < -0.39 is 5.41 Å². The van der Waals surface area contributed by atoms with Gasteiger partial charge in [0.2, 0.25) is 0 Å². The molecule has 1 aromatic carbocycles. The third kappa shape index (κ3) is 3.31. The van der Waals surface area contributed by atoms with E-state index in [0.29, 0.717) is 12.1 Å². The van der Waals surface area contributed by atoms with Crippen molar-refractivity contribution in [2.75, 3.05) is 13.7 Å². The Bertz CT molecular complexity index is 652. The molecule has 5 nitrogen and oxygen atoms in total. The number of carbonyl (C=O) groups is 1. The average Bonchev–Trinajstić information content (AvgIpc) is 2.49. The quantitative estimate of drug-likeness (QED) is 0.857. The number of hydrogen-bond donors (Lipinski definition) is 1. The van der Waals surface area contributed by atoms with Crippen molar-refractivity contribution >= 4 is 16.9 Å². The predicted octanol–water partition coefficient (Wildman–Crippen LogP) is 2.66. The van der Waals surface area contributed by atoms with Gasteiger partial charge in [0.1, 0.15) is 11.3 Å². The summed E-state index contributed by atoms with van der Waals surface area (Å²) in [7, 11) is 1.36. The molecule has 0 fully saturated rings. The number of carbonyl (C=O) groups excluding carboxylic acids is 1. The van der Waals surface area contributed by atoms with Crippen molar-refractivity contribution in [3.8, 4) is 5.75 Å². The molecule has 0 aliphatic rings. The number of benzene rings is 1. The highest BCUT2D eigenvalue weighted by atomic mass is 16.5. The van der Waals surface area contributed by atoms with Gasteiger partial charge < -0.3 is 14.6 Å². The van der Waals surface area contributed by atoms with E-state index in [-0.39, 0.29) is 18.3 Å². The van der Waals surface area contributed by atoms with Crippen molar-refractivity contribution in [2.24, 2.45) is 5.41 Å². The van der Waals surface area contributed by atoms with Gasteiger partial charge in [-0.25, -0.2) is 0 Å². The van der Waals surface area contributed by atoms with Crippen molar-refractivity contribution in [3.05, 3.63) is 36.0 Å². The number of esters is 1. The minimum atomic E-state index is -0.695. The summed E-state index contributed by atoms with van der Waals surface area (Å²) in [6, 6.07) is 7.08. The Morgan fingerprint density at radius 1 is 1.33 bits per heavy atom. The van der Waals surface area contributed by atoms with Crippen LogP contribution >= 0.6 is 0 Å². The van der Waals surface area contributed by atoms with E-state index in [4.69, 9.17) is 9.47 Å². The average molecular weight is 289 g/mol. The van der Waals surface area contributed by atoms with Crippen LogP contribution in [0.5, 0.6) is 5.75 Å². The fourth-order valence-corrected chi connectivity index (χ4v) is 2.09. The monoisotopic (exact) mass is 289 g/mol. The van der Waals surface area contributed by atoms with Gasteiger partial charge in [0.15, 0.2) is 0 Å². The second-order valence-corrected chi connectivity index (χ2v) is 5.51. The van der Waals surface area contributed by atoms with E-state index in [2.05, 4.69) is 4.98 Å². The Labute approximate surface area is 123 Å². The van der Waals surface area contributed by atoms with Crippen molar-refractivity contribution in [1.82, 2.24) is 4.98 Å². The van der Waals surface area contributed by atoms with E-state index in [1.807, 2.05) is 12.1 Å². The summed E-state index contributed by atoms with van der Waals surface area (Å²) < 4.78 is 10.4. The second-order valence-electron chi connectivity index (χ2n) is 5.51. The molecule has 112 valence electrons. The topological polar surface area (TPSA) is 68.7 Å². The van der Waals surface area contributed by atoms with Gasteiger partial charge in [-0.3, -0.25) is 9.78 Å². The van der Waals surface area contributed by atoms with Crippen LogP contribution < -0.4 is 0 Å². The third-order valence-electron chi connectivity index (χ3n) is 3.30. The van der Waals surface area contributed by atoms with Crippen LogP contribution in [0, 0.1) is 5.41 Å². The van der Waals surface area contributed by atoms with E-state index in [9.17, 15) is 9.90 Å². The Morgan fingerprint density at radius 2 is 2.10 bits per heavy atom. The van der Waals surface area contributed by atoms with Crippen molar-refractivity contribution in [3.63, 3.8) is 0 Å². The minimum Gasteiger partial charge on any atom is -0.506 e. The van der Waals surface area contributed by atoms with Crippen LogP contribution in [0.4, 0.5) is 0 Å². The van der Waals surface area contributed by atoms with Crippen LogP contribution in [-0.4, -0.2) is 29.8 Å². The van der Waals surface area contributed by atoms with Gasteiger partial charge in [0, 0.05) is 11.6 Å². The molecule has 21 heavy (non-hydrogen) atoms. The summed E-state index contributed by atoms with van der Waals surface area (Å²) in [6.45, 7) is 4.13. The molecule has 0 aliphatic carbocycles. The molecule has 1 N–H and O–H groups in total. The molecule has 0 radical (unpaired) electrons. The number of aromatic hydroxyl groups is 1. The van der Waals surface area contributed by atoms with Gasteiger partial charge in [-0.15, -0.1) is 0 Å². The van der Waals surface area contributed by atoms with Crippen molar-refractivity contribution in [1.29, 1.82) is 0 Å². The van der Waals surface area contributed by atoms with Crippen LogP contribution in [0.2, 0.25) is 0 Å². The molecule has 1 heterocycles. The fraction of sp³-hybridized carbons (Fsp3) is 0.375. The molecule has 0 bridgehead atoms. The highest BCUT2D eigenvalue weighted by Crippen LogP contribution is 2.26. The predicted molar refractivity (Wildman–Crippen MR) is 78.9 cm³/mol. The normalized spacial score (nSPS) is 11.6. The van der Waals surface area contributed by atoms with Crippen LogP contribution in [-0.2, 0) is 20.9 Å². The van der Waals surface area contributed by atoms with Gasteiger partial charge in [-0.2, -0.15) is 0 Å². The number of aromatic nitrogens is 1. The van der Waals surface area contributed by atoms with E-state index in [1.54, 1.807) is 32.2 Å². The molecule has 0 unspecified atom stereocenters. The van der Waals surface area contributed by atoms with Gasteiger partial charge in [0.25, 0.3) is 0 Å². The largest absolute Gasteiger partial charge is 0.506 e. The summed E-state index contributed by atoms with van der Waals surface area (Å²) >= 11 is 0. The van der Waals surface area contributed by atoms with Gasteiger partial charge in [-0.1, -0.05) is 12.1 Å². The van der Waals surface area contributed by atoms with E-state index in [0.717, 1.165) is 10.9 Å². The summed E-state index contributed by atoms with van der Waals surface area (Å²) in [5.74, 6) is -0.163. The highest BCUT2D eigenvalue weighted by molar-refractivity contribution is 5.87. The number of hydrogen-bond acceptors (Lipinski definition) is 5. The Balaban J connectivity index is 2.11. The third-order valence-corrected chi connectivity index (χ3v) is 3.30. The minimum absolute atomic E-state index is 0.143. The maximum Gasteiger partial charge on any atom is 0.313 e. The van der Waals surface area contributed by atoms with Gasteiger partial charge in [-0.05, 0) is 31.5 Å². The lowest BCUT2D eigenvalue weighted by Gasteiger charge is -2.21. The molecule has 0 aliphatic heterocycles. The molecular formula is C16H19NO4. The zero-order chi connectivity index (χ0) is 15.5. The van der Waals surface area contributed by atoms with Crippen LogP contribution in [0.1, 0.15) is 19.4 Å². The maximum absolute atomic E-state index is 11.6. The Hall–Kier alpha value is -2.14. The molecule has 2 aromatic rings. The number of phenolic OH excluding ortho intramolecular Hbond substituents is 1. The van der Waals surface area contributed by atoms with E-state index >= 15 is 0 Å². The summed E-state index contributed by atoms with van der Waals surface area (Å²) in [6.07, 6.45) is 1.63. The van der Waals surface area contributed by atoms with Crippen LogP contribution in [0.3, 0.4) is 0 Å². The number of phenols is 1. The Morgan fingerprint density at radius 3 is 2.81 bits per heavy atom. The van der Waals surface area contributed by atoms with Crippen molar-refractivity contribution in [2.45, 2.75) is 20.5 Å². The molecule has 1 aromatic heterocycles. The molecule has 5 heteroatoms. The van der Waals surface area contributed by atoms with E-state index in [1.165, 1.54) is 7.11 Å². The first kappa shape index (κ1) is 15.3. The SMILES string of the molecule is COC(=O)C(C)(C)COCc1ccc(O)c2ncccc12. The molecule has 0 saturated carbocycles. The maximum atomic E-state index is 11.6. The number of methoxy groups -OCH3 is 1. The lowest BCUT2D eigenvalue weighted by molar-refractivity contribution is -0.154. The molecule has 0 amide bonds. The standard InChI is InChI=1S/C16H19NO4/c1-16(2,15(19)20-3)10-21-9-11-6-7-13(18)14-12(11)5-4-8-17-14/h4-8,18H,9-10H2,1-3H3. The molecule has 2 rings (SSSR count). The number of nitrogens with zero attached hydrogens (tertiary/aromatic N) is 1. The number of rotatable bonds is 5. The van der Waals surface area contributed by atoms with Gasteiger partial charge in [0.05, 0.1) is 25.7 Å². The first-order valence-electron chi connectivity index (χ1n) is 6.67. The molecular weight excluding hydrogens is 270 g/mol. The lowest BCUT2D eigenvalue weighted by Crippen LogP contribution is -2.30. The lowest BCUT2D eigenvalue weighted by atomic mass is 9.95. The first-order chi connectivity index (χ1) is 9.95. The number of ether oxygens (including phenoxy) is 2. The Kier molecular flexibility index (Phi) is 4.43. The number of pyridine rings is 1. The first-order valence-corrected chi connectivity index (χ1v) is 6.67.